The van der Waals surface area contributed by atoms with Crippen molar-refractivity contribution in [3.63, 3.8) is 0 Å². The van der Waals surface area contributed by atoms with Crippen LogP contribution in [0.5, 0.6) is 5.75 Å². The first-order valence-electron chi connectivity index (χ1n) is 10.4. The molecule has 172 valence electrons. The van der Waals surface area contributed by atoms with Gasteiger partial charge in [-0.3, -0.25) is 0 Å². The number of aliphatic hydroxyl groups is 1. The molecule has 0 spiro atoms. The van der Waals surface area contributed by atoms with Crippen LogP contribution in [0.4, 0.5) is 14.6 Å². The van der Waals surface area contributed by atoms with Crippen LogP contribution in [0.25, 0.3) is 11.2 Å². The van der Waals surface area contributed by atoms with Crippen LogP contribution in [0, 0.1) is 11.6 Å². The molecule has 0 unspecified atom stereocenters. The number of fused-ring (bicyclic) bond motifs is 1. The molecule has 4 rings (SSSR count). The van der Waals surface area contributed by atoms with Crippen LogP contribution in [-0.4, -0.2) is 50.8 Å². The SMILES string of the molecule is COc1cccc(CNC[C@@H](O)[C@H](Cc2cc(F)cc(F)c2)Nc2ncnc3nc[nH]c23)c1. The van der Waals surface area contributed by atoms with Crippen molar-refractivity contribution in [3.05, 3.63) is 77.9 Å². The minimum absolute atomic E-state index is 0.163. The van der Waals surface area contributed by atoms with E-state index in [2.05, 4.69) is 30.6 Å². The highest BCUT2D eigenvalue weighted by Gasteiger charge is 2.22. The van der Waals surface area contributed by atoms with Crippen molar-refractivity contribution in [1.82, 2.24) is 25.3 Å². The molecule has 10 heteroatoms. The van der Waals surface area contributed by atoms with E-state index in [-0.39, 0.29) is 13.0 Å². The van der Waals surface area contributed by atoms with Crippen LogP contribution in [0.2, 0.25) is 0 Å². The summed E-state index contributed by atoms with van der Waals surface area (Å²) < 4.78 is 32.7. The monoisotopic (exact) mass is 454 g/mol. The topological polar surface area (TPSA) is 108 Å². The van der Waals surface area contributed by atoms with Crippen LogP contribution in [0.15, 0.2) is 55.1 Å². The molecule has 0 aliphatic carbocycles. The molecule has 4 N–H and O–H groups in total. The van der Waals surface area contributed by atoms with Crippen molar-refractivity contribution < 1.29 is 18.6 Å². The Labute approximate surface area is 189 Å². The fourth-order valence-corrected chi connectivity index (χ4v) is 3.61. The van der Waals surface area contributed by atoms with E-state index in [0.717, 1.165) is 17.4 Å². The van der Waals surface area contributed by atoms with E-state index in [1.807, 2.05) is 24.3 Å². The van der Waals surface area contributed by atoms with Gasteiger partial charge in [0.05, 0.1) is 25.6 Å². The first-order valence-corrected chi connectivity index (χ1v) is 10.4. The lowest BCUT2D eigenvalue weighted by molar-refractivity contribution is 0.148. The summed E-state index contributed by atoms with van der Waals surface area (Å²) in [6.45, 7) is 0.734. The van der Waals surface area contributed by atoms with Gasteiger partial charge in [-0.2, -0.15) is 0 Å². The van der Waals surface area contributed by atoms with E-state index in [1.54, 1.807) is 7.11 Å². The molecule has 0 fully saturated rings. The summed E-state index contributed by atoms with van der Waals surface area (Å²) >= 11 is 0. The van der Waals surface area contributed by atoms with Gasteiger partial charge >= 0.3 is 0 Å². The number of hydrogen-bond acceptors (Lipinski definition) is 7. The minimum atomic E-state index is -0.908. The normalized spacial score (nSPS) is 13.1. The molecule has 0 saturated heterocycles. The summed E-state index contributed by atoms with van der Waals surface area (Å²) in [5.74, 6) is -0.166. The Morgan fingerprint density at radius 3 is 2.67 bits per heavy atom. The molecule has 0 radical (unpaired) electrons. The minimum Gasteiger partial charge on any atom is -0.497 e. The summed E-state index contributed by atoms with van der Waals surface area (Å²) in [6, 6.07) is 10.3. The molecular formula is C23H24F2N6O2. The average molecular weight is 454 g/mol. The smallest absolute Gasteiger partial charge is 0.182 e. The predicted octanol–water partition coefficient (Wildman–Crippen LogP) is 2.81. The molecule has 2 aromatic carbocycles. The Kier molecular flexibility index (Phi) is 7.06. The zero-order chi connectivity index (χ0) is 23.2. The van der Waals surface area contributed by atoms with Crippen LogP contribution in [-0.2, 0) is 13.0 Å². The van der Waals surface area contributed by atoms with E-state index in [9.17, 15) is 13.9 Å². The Morgan fingerprint density at radius 1 is 1.06 bits per heavy atom. The van der Waals surface area contributed by atoms with Gasteiger partial charge in [-0.1, -0.05) is 12.1 Å². The number of anilines is 1. The highest BCUT2D eigenvalue weighted by atomic mass is 19.1. The molecule has 0 bridgehead atoms. The Hall–Kier alpha value is -3.63. The third-order valence-electron chi connectivity index (χ3n) is 5.20. The molecule has 0 aliphatic rings. The number of aromatic nitrogens is 4. The molecular weight excluding hydrogens is 430 g/mol. The van der Waals surface area contributed by atoms with Crippen molar-refractivity contribution in [2.75, 3.05) is 19.0 Å². The van der Waals surface area contributed by atoms with Crippen molar-refractivity contribution in [2.24, 2.45) is 0 Å². The van der Waals surface area contributed by atoms with Gasteiger partial charge in [0.2, 0.25) is 0 Å². The zero-order valence-electron chi connectivity index (χ0n) is 17.9. The molecule has 0 aliphatic heterocycles. The van der Waals surface area contributed by atoms with Gasteiger partial charge in [0.15, 0.2) is 11.5 Å². The number of benzene rings is 2. The number of hydrogen-bond donors (Lipinski definition) is 4. The van der Waals surface area contributed by atoms with Crippen molar-refractivity contribution in [2.45, 2.75) is 25.1 Å². The first-order chi connectivity index (χ1) is 16.0. The number of methoxy groups -OCH3 is 1. The number of ether oxygens (including phenoxy) is 1. The van der Waals surface area contributed by atoms with E-state index < -0.39 is 23.8 Å². The van der Waals surface area contributed by atoms with E-state index in [4.69, 9.17) is 4.74 Å². The lowest BCUT2D eigenvalue weighted by Gasteiger charge is -2.25. The standard InChI is InChI=1S/C23H24F2N6O2/c1-33-18-4-2-3-14(7-18)10-26-11-20(32)19(8-15-5-16(24)9-17(25)6-15)31-23-21-22(28-12-27-21)29-13-30-23/h2-7,9,12-13,19-20,26,32H,8,10-11H2,1H3,(H2,27,28,29,30,31)/t19-,20+/m0/s1. The third kappa shape index (κ3) is 5.79. The Bertz CT molecular complexity index is 1200. The largest absolute Gasteiger partial charge is 0.497 e. The molecule has 2 aromatic heterocycles. The molecule has 8 nitrogen and oxygen atoms in total. The Morgan fingerprint density at radius 2 is 1.88 bits per heavy atom. The first kappa shape index (κ1) is 22.6. The van der Waals surface area contributed by atoms with Crippen LogP contribution in [0.3, 0.4) is 0 Å². The molecule has 33 heavy (non-hydrogen) atoms. The maximum absolute atomic E-state index is 13.7. The van der Waals surface area contributed by atoms with Crippen molar-refractivity contribution in [1.29, 1.82) is 0 Å². The lowest BCUT2D eigenvalue weighted by atomic mass is 10.0. The molecule has 4 aromatic rings. The molecule has 0 saturated carbocycles. The second-order valence-corrected chi connectivity index (χ2v) is 7.61. The molecule has 0 amide bonds. The number of H-pyrrole nitrogens is 1. The zero-order valence-corrected chi connectivity index (χ0v) is 17.9. The van der Waals surface area contributed by atoms with Crippen molar-refractivity contribution in [3.8, 4) is 5.75 Å². The maximum atomic E-state index is 13.7. The summed E-state index contributed by atoms with van der Waals surface area (Å²) in [5, 5.41) is 17.4. The van der Waals surface area contributed by atoms with Gasteiger partial charge in [-0.05, 0) is 41.8 Å². The number of halogens is 2. The van der Waals surface area contributed by atoms with E-state index in [1.165, 1.54) is 24.8 Å². The highest BCUT2D eigenvalue weighted by molar-refractivity contribution is 5.82. The number of aromatic amines is 1. The Balaban J connectivity index is 1.50. The highest BCUT2D eigenvalue weighted by Crippen LogP contribution is 2.19. The quantitative estimate of drug-likeness (QED) is 0.292. The fraction of sp³-hybridized carbons (Fsp3) is 0.261. The number of nitrogens with zero attached hydrogens (tertiary/aromatic N) is 3. The van der Waals surface area contributed by atoms with E-state index in [0.29, 0.717) is 29.1 Å². The second kappa shape index (κ2) is 10.3. The van der Waals surface area contributed by atoms with Crippen LogP contribution < -0.4 is 15.4 Å². The van der Waals surface area contributed by atoms with Crippen molar-refractivity contribution >= 4 is 17.0 Å². The summed E-state index contributed by atoms with van der Waals surface area (Å²) in [5.41, 5.74) is 2.44. The van der Waals surface area contributed by atoms with Crippen LogP contribution >= 0.6 is 0 Å². The maximum Gasteiger partial charge on any atom is 0.182 e. The van der Waals surface area contributed by atoms with Crippen LogP contribution in [0.1, 0.15) is 11.1 Å². The van der Waals surface area contributed by atoms with Gasteiger partial charge < -0.3 is 25.5 Å². The number of imidazole rings is 1. The fourth-order valence-electron chi connectivity index (χ4n) is 3.61. The van der Waals surface area contributed by atoms with Gasteiger partial charge in [0.1, 0.15) is 29.2 Å². The summed E-state index contributed by atoms with van der Waals surface area (Å²) in [7, 11) is 1.60. The van der Waals surface area contributed by atoms with Gasteiger partial charge in [-0.15, -0.1) is 0 Å². The van der Waals surface area contributed by atoms with E-state index >= 15 is 0 Å². The summed E-state index contributed by atoms with van der Waals surface area (Å²) in [4.78, 5) is 15.4. The molecule has 2 heterocycles. The van der Waals surface area contributed by atoms with Gasteiger partial charge in [-0.25, -0.2) is 23.7 Å². The lowest BCUT2D eigenvalue weighted by Crippen LogP contribution is -2.42. The second-order valence-electron chi connectivity index (χ2n) is 7.61. The number of rotatable bonds is 10. The average Bonchev–Trinajstić information content (AvgIpc) is 3.28. The van der Waals surface area contributed by atoms with Gasteiger partial charge in [0, 0.05) is 19.2 Å². The van der Waals surface area contributed by atoms with Gasteiger partial charge in [0.25, 0.3) is 0 Å². The number of nitrogens with one attached hydrogen (secondary N) is 3. The number of aliphatic hydroxyl groups excluding tert-OH is 1. The molecule has 2 atom stereocenters. The summed E-state index contributed by atoms with van der Waals surface area (Å²) in [6.07, 6.45) is 2.11. The third-order valence-corrected chi connectivity index (χ3v) is 5.20. The predicted molar refractivity (Wildman–Crippen MR) is 120 cm³/mol.